The Morgan fingerprint density at radius 3 is 2.52 bits per heavy atom. The van der Waals surface area contributed by atoms with Crippen molar-refractivity contribution < 1.29 is 0 Å². The normalized spacial score (nSPS) is 23.1. The Bertz CT molecular complexity index is 788. The molecule has 27 heavy (non-hydrogen) atoms. The van der Waals surface area contributed by atoms with Gasteiger partial charge in [-0.2, -0.15) is 5.10 Å². The first-order valence-electron chi connectivity index (χ1n) is 10.3. The highest BCUT2D eigenvalue weighted by Gasteiger charge is 2.32. The minimum absolute atomic E-state index is 0.140. The number of nitrogens with zero attached hydrogens (tertiary/aromatic N) is 4. The summed E-state index contributed by atoms with van der Waals surface area (Å²) in [5.74, 6) is 1.19. The highest BCUT2D eigenvalue weighted by atomic mass is 16.1. The standard InChI is InChI=1S/C21H31N5O/c1-16(2)24-13-10-18(11-14-24)25-12-6-7-17(15-25)20-22-23-21(27)26(20)19-8-4-3-5-9-19/h3-5,8-9,16-18H,6-7,10-15H2,1-2H3,(H,23,27)/t17-/m1/s1. The molecule has 2 saturated heterocycles. The van der Waals surface area contributed by atoms with Crippen LogP contribution < -0.4 is 5.69 Å². The molecule has 0 amide bonds. The summed E-state index contributed by atoms with van der Waals surface area (Å²) < 4.78 is 1.76. The van der Waals surface area contributed by atoms with Crippen molar-refractivity contribution in [2.24, 2.45) is 0 Å². The Morgan fingerprint density at radius 2 is 1.81 bits per heavy atom. The summed E-state index contributed by atoms with van der Waals surface area (Å²) in [6.45, 7) is 9.14. The van der Waals surface area contributed by atoms with Gasteiger partial charge in [0.15, 0.2) is 0 Å². The van der Waals surface area contributed by atoms with Crippen molar-refractivity contribution >= 4 is 0 Å². The van der Waals surface area contributed by atoms with Gasteiger partial charge in [-0.3, -0.25) is 4.90 Å². The number of para-hydroxylation sites is 1. The second-order valence-electron chi connectivity index (χ2n) is 8.25. The smallest absolute Gasteiger partial charge is 0.301 e. The van der Waals surface area contributed by atoms with Crippen molar-refractivity contribution in [2.45, 2.75) is 57.5 Å². The Morgan fingerprint density at radius 1 is 1.07 bits per heavy atom. The van der Waals surface area contributed by atoms with E-state index in [1.807, 2.05) is 30.3 Å². The molecular formula is C21H31N5O. The molecule has 0 radical (unpaired) electrons. The van der Waals surface area contributed by atoms with E-state index in [0.29, 0.717) is 18.0 Å². The van der Waals surface area contributed by atoms with Crippen LogP contribution in [0.25, 0.3) is 5.69 Å². The predicted molar refractivity (Wildman–Crippen MR) is 107 cm³/mol. The molecule has 0 saturated carbocycles. The van der Waals surface area contributed by atoms with Gasteiger partial charge in [0.2, 0.25) is 0 Å². The Kier molecular flexibility index (Phi) is 5.45. The molecule has 6 nitrogen and oxygen atoms in total. The van der Waals surface area contributed by atoms with Gasteiger partial charge in [-0.1, -0.05) is 18.2 Å². The fourth-order valence-electron chi connectivity index (χ4n) is 4.73. The average molecular weight is 370 g/mol. The zero-order chi connectivity index (χ0) is 18.8. The number of aromatic amines is 1. The lowest BCUT2D eigenvalue weighted by Crippen LogP contribution is -2.49. The van der Waals surface area contributed by atoms with Crippen molar-refractivity contribution in [1.82, 2.24) is 24.6 Å². The van der Waals surface area contributed by atoms with Gasteiger partial charge in [-0.15, -0.1) is 0 Å². The van der Waals surface area contributed by atoms with Gasteiger partial charge in [0.05, 0.1) is 5.69 Å². The van der Waals surface area contributed by atoms with E-state index in [2.05, 4.69) is 33.8 Å². The number of piperidine rings is 2. The highest BCUT2D eigenvalue weighted by molar-refractivity contribution is 5.32. The Labute approximate surface area is 161 Å². The minimum atomic E-state index is -0.140. The van der Waals surface area contributed by atoms with Gasteiger partial charge in [-0.05, 0) is 71.3 Å². The lowest BCUT2D eigenvalue weighted by atomic mass is 9.93. The zero-order valence-electron chi connectivity index (χ0n) is 16.5. The van der Waals surface area contributed by atoms with Crippen LogP contribution in [0.3, 0.4) is 0 Å². The summed E-state index contributed by atoms with van der Waals surface area (Å²) in [7, 11) is 0. The molecule has 2 aliphatic heterocycles. The molecule has 0 unspecified atom stereocenters. The SMILES string of the molecule is CC(C)N1CCC(N2CCC[C@@H](c3n[nH]c(=O)n3-c3ccccc3)C2)CC1. The van der Waals surface area contributed by atoms with Crippen LogP contribution in [0.15, 0.2) is 35.1 Å². The first-order valence-corrected chi connectivity index (χ1v) is 10.3. The van der Waals surface area contributed by atoms with E-state index < -0.39 is 0 Å². The maximum absolute atomic E-state index is 12.4. The number of benzene rings is 1. The molecule has 2 aromatic rings. The van der Waals surface area contributed by atoms with Crippen molar-refractivity contribution in [3.05, 3.63) is 46.6 Å². The fraction of sp³-hybridized carbons (Fsp3) is 0.619. The minimum Gasteiger partial charge on any atom is -0.301 e. The fourth-order valence-corrected chi connectivity index (χ4v) is 4.73. The van der Waals surface area contributed by atoms with Crippen LogP contribution in [-0.4, -0.2) is 62.8 Å². The molecule has 0 bridgehead atoms. The van der Waals surface area contributed by atoms with Crippen LogP contribution in [-0.2, 0) is 0 Å². The molecule has 4 rings (SSSR count). The van der Waals surface area contributed by atoms with Gasteiger partial charge < -0.3 is 4.90 Å². The quantitative estimate of drug-likeness (QED) is 0.900. The first-order chi connectivity index (χ1) is 13.1. The van der Waals surface area contributed by atoms with Crippen LogP contribution in [0.4, 0.5) is 0 Å². The monoisotopic (exact) mass is 369 g/mol. The van der Waals surface area contributed by atoms with Crippen molar-refractivity contribution in [2.75, 3.05) is 26.2 Å². The molecule has 2 aliphatic rings. The van der Waals surface area contributed by atoms with Crippen molar-refractivity contribution in [3.8, 4) is 5.69 Å². The Hall–Kier alpha value is -1.92. The van der Waals surface area contributed by atoms with E-state index >= 15 is 0 Å². The number of rotatable bonds is 4. The summed E-state index contributed by atoms with van der Waals surface area (Å²) >= 11 is 0. The van der Waals surface area contributed by atoms with Crippen LogP contribution in [0.1, 0.15) is 51.3 Å². The molecule has 146 valence electrons. The topological polar surface area (TPSA) is 57.2 Å². The van der Waals surface area contributed by atoms with E-state index in [1.165, 1.54) is 38.9 Å². The van der Waals surface area contributed by atoms with Gasteiger partial charge in [0.1, 0.15) is 5.82 Å². The summed E-state index contributed by atoms with van der Waals surface area (Å²) in [6.07, 6.45) is 4.76. The van der Waals surface area contributed by atoms with Gasteiger partial charge in [-0.25, -0.2) is 14.5 Å². The third kappa shape index (κ3) is 3.87. The number of hydrogen-bond acceptors (Lipinski definition) is 4. The largest absolute Gasteiger partial charge is 0.347 e. The van der Waals surface area contributed by atoms with E-state index in [-0.39, 0.29) is 5.69 Å². The highest BCUT2D eigenvalue weighted by Crippen LogP contribution is 2.30. The number of aromatic nitrogens is 3. The van der Waals surface area contributed by atoms with Crippen LogP contribution in [0.2, 0.25) is 0 Å². The van der Waals surface area contributed by atoms with E-state index in [4.69, 9.17) is 0 Å². The second-order valence-corrected chi connectivity index (χ2v) is 8.25. The van der Waals surface area contributed by atoms with E-state index in [9.17, 15) is 4.79 Å². The van der Waals surface area contributed by atoms with Crippen LogP contribution in [0.5, 0.6) is 0 Å². The number of nitrogens with one attached hydrogen (secondary N) is 1. The first kappa shape index (κ1) is 18.4. The molecule has 1 N–H and O–H groups in total. The summed E-state index contributed by atoms with van der Waals surface area (Å²) in [4.78, 5) is 17.6. The van der Waals surface area contributed by atoms with Gasteiger partial charge >= 0.3 is 5.69 Å². The van der Waals surface area contributed by atoms with Crippen LogP contribution in [0, 0.1) is 0 Å². The summed E-state index contributed by atoms with van der Waals surface area (Å²) in [6, 6.07) is 11.2. The lowest BCUT2D eigenvalue weighted by molar-refractivity contribution is 0.0721. The molecular weight excluding hydrogens is 338 g/mol. The van der Waals surface area contributed by atoms with E-state index in [1.54, 1.807) is 4.57 Å². The molecule has 2 fully saturated rings. The van der Waals surface area contributed by atoms with Gasteiger partial charge in [0, 0.05) is 24.5 Å². The molecule has 3 heterocycles. The summed E-state index contributed by atoms with van der Waals surface area (Å²) in [5, 5.41) is 7.10. The second kappa shape index (κ2) is 7.98. The molecule has 6 heteroatoms. The third-order valence-corrected chi connectivity index (χ3v) is 6.28. The van der Waals surface area contributed by atoms with Gasteiger partial charge in [0.25, 0.3) is 0 Å². The predicted octanol–water partition coefficient (Wildman–Crippen LogP) is 2.61. The maximum atomic E-state index is 12.4. The zero-order valence-corrected chi connectivity index (χ0v) is 16.5. The molecule has 0 aliphatic carbocycles. The molecule has 0 spiro atoms. The summed E-state index contributed by atoms with van der Waals surface area (Å²) in [5.41, 5.74) is 0.757. The third-order valence-electron chi connectivity index (χ3n) is 6.28. The molecule has 1 aromatic carbocycles. The average Bonchev–Trinajstić information content (AvgIpc) is 3.10. The van der Waals surface area contributed by atoms with Crippen molar-refractivity contribution in [3.63, 3.8) is 0 Å². The number of hydrogen-bond donors (Lipinski definition) is 1. The number of likely N-dealkylation sites (tertiary alicyclic amines) is 2. The molecule has 1 atom stereocenters. The van der Waals surface area contributed by atoms with Crippen LogP contribution >= 0.6 is 0 Å². The Balaban J connectivity index is 1.49. The van der Waals surface area contributed by atoms with Crippen molar-refractivity contribution in [1.29, 1.82) is 0 Å². The maximum Gasteiger partial charge on any atom is 0.347 e. The lowest BCUT2D eigenvalue weighted by Gasteiger charge is -2.43. The molecule has 1 aromatic heterocycles. The number of H-pyrrole nitrogens is 1. The van der Waals surface area contributed by atoms with E-state index in [0.717, 1.165) is 24.5 Å².